The summed E-state index contributed by atoms with van der Waals surface area (Å²) >= 11 is 6.05. The van der Waals surface area contributed by atoms with Gasteiger partial charge in [0.1, 0.15) is 11.9 Å². The van der Waals surface area contributed by atoms with Crippen molar-refractivity contribution in [3.05, 3.63) is 59.1 Å². The number of amides is 2. The number of nitrogens with one attached hydrogen (secondary N) is 1. The highest BCUT2D eigenvalue weighted by Gasteiger charge is 2.27. The minimum absolute atomic E-state index is 0.112. The molecule has 136 valence electrons. The zero-order chi connectivity index (χ0) is 18.5. The maximum Gasteiger partial charge on any atom is 0.227 e. The predicted octanol–water partition coefficient (Wildman–Crippen LogP) is 3.55. The Balaban J connectivity index is 1.56. The van der Waals surface area contributed by atoms with E-state index in [0.29, 0.717) is 29.5 Å². The van der Waals surface area contributed by atoms with Gasteiger partial charge in [-0.15, -0.1) is 0 Å². The Kier molecular flexibility index (Phi) is 5.78. The number of hydrogen-bond acceptors (Lipinski definition) is 3. The molecule has 0 bridgehead atoms. The lowest BCUT2D eigenvalue weighted by molar-refractivity contribution is -0.125. The number of nitrogens with zero attached hydrogens (tertiary/aromatic N) is 1. The van der Waals surface area contributed by atoms with E-state index in [1.165, 1.54) is 0 Å². The average molecular weight is 373 g/mol. The minimum atomic E-state index is -0.144. The number of carbonyl (C=O) groups is 2. The molecule has 0 unspecified atom stereocenters. The fourth-order valence-electron chi connectivity index (χ4n) is 2.89. The van der Waals surface area contributed by atoms with Gasteiger partial charge in [0.05, 0.1) is 12.2 Å². The van der Waals surface area contributed by atoms with E-state index in [1.807, 2.05) is 37.3 Å². The number of anilines is 1. The minimum Gasteiger partial charge on any atom is -0.487 e. The largest absolute Gasteiger partial charge is 0.487 e. The second-order valence-corrected chi connectivity index (χ2v) is 6.74. The van der Waals surface area contributed by atoms with Crippen molar-refractivity contribution in [2.75, 3.05) is 11.4 Å². The molecule has 1 atom stereocenters. The number of benzene rings is 2. The molecule has 0 saturated carbocycles. The van der Waals surface area contributed by atoms with E-state index in [-0.39, 0.29) is 30.8 Å². The van der Waals surface area contributed by atoms with Crippen LogP contribution in [0.3, 0.4) is 0 Å². The first-order chi connectivity index (χ1) is 12.5. The van der Waals surface area contributed by atoms with Gasteiger partial charge in [0, 0.05) is 24.4 Å². The number of ether oxygens (including phenoxy) is 1. The lowest BCUT2D eigenvalue weighted by atomic mass is 10.1. The molecule has 1 heterocycles. The molecular formula is C20H21ClN2O3. The highest BCUT2D eigenvalue weighted by atomic mass is 35.5. The molecule has 5 nitrogen and oxygen atoms in total. The van der Waals surface area contributed by atoms with E-state index in [4.69, 9.17) is 16.3 Å². The van der Waals surface area contributed by atoms with Gasteiger partial charge in [0.2, 0.25) is 11.8 Å². The molecule has 1 aliphatic heterocycles. The Morgan fingerprint density at radius 3 is 2.73 bits per heavy atom. The van der Waals surface area contributed by atoms with E-state index in [0.717, 1.165) is 5.56 Å². The first-order valence-corrected chi connectivity index (χ1v) is 8.98. The predicted molar refractivity (Wildman–Crippen MR) is 101 cm³/mol. The van der Waals surface area contributed by atoms with Gasteiger partial charge in [-0.05, 0) is 30.7 Å². The normalized spacial score (nSPS) is 15.8. The van der Waals surface area contributed by atoms with Gasteiger partial charge in [0.25, 0.3) is 0 Å². The van der Waals surface area contributed by atoms with E-state index in [1.54, 1.807) is 23.1 Å². The molecule has 3 rings (SSSR count). The molecule has 1 aliphatic rings. The number of rotatable bonds is 5. The van der Waals surface area contributed by atoms with Crippen LogP contribution in [0.1, 0.15) is 25.3 Å². The third-order valence-electron chi connectivity index (χ3n) is 4.18. The second-order valence-electron chi connectivity index (χ2n) is 6.31. The van der Waals surface area contributed by atoms with Crippen LogP contribution in [-0.4, -0.2) is 24.5 Å². The summed E-state index contributed by atoms with van der Waals surface area (Å²) in [5, 5.41) is 3.38. The van der Waals surface area contributed by atoms with Crippen LogP contribution in [0, 0.1) is 0 Å². The van der Waals surface area contributed by atoms with Crippen LogP contribution in [0.2, 0.25) is 5.02 Å². The van der Waals surface area contributed by atoms with Crippen LogP contribution in [-0.2, 0) is 16.1 Å². The smallest absolute Gasteiger partial charge is 0.227 e. The molecule has 0 aromatic heterocycles. The van der Waals surface area contributed by atoms with E-state index < -0.39 is 0 Å². The summed E-state index contributed by atoms with van der Waals surface area (Å²) in [6, 6.07) is 14.9. The molecule has 2 amide bonds. The van der Waals surface area contributed by atoms with Gasteiger partial charge < -0.3 is 15.0 Å². The first kappa shape index (κ1) is 18.3. The molecule has 0 fully saturated rings. The lowest BCUT2D eigenvalue weighted by Crippen LogP contribution is -2.42. The fourth-order valence-corrected chi connectivity index (χ4v) is 3.05. The maximum atomic E-state index is 12.6. The van der Waals surface area contributed by atoms with Crippen molar-refractivity contribution in [2.24, 2.45) is 0 Å². The van der Waals surface area contributed by atoms with Crippen molar-refractivity contribution in [3.63, 3.8) is 0 Å². The summed E-state index contributed by atoms with van der Waals surface area (Å²) in [6.07, 6.45) is 0.173. The van der Waals surface area contributed by atoms with Gasteiger partial charge in [-0.1, -0.05) is 41.9 Å². The van der Waals surface area contributed by atoms with Gasteiger partial charge in [-0.3, -0.25) is 9.59 Å². The van der Waals surface area contributed by atoms with Crippen LogP contribution >= 0.6 is 11.6 Å². The highest BCUT2D eigenvalue weighted by Crippen LogP contribution is 2.36. The number of carbonyl (C=O) groups excluding carboxylic acids is 2. The molecule has 0 radical (unpaired) electrons. The molecule has 26 heavy (non-hydrogen) atoms. The standard InChI is InChI=1S/C20H21ClN2O3/c1-14-13-23(17-11-16(21)7-8-18(17)26-14)20(25)10-9-19(24)22-12-15-5-3-2-4-6-15/h2-8,11,14H,9-10,12-13H2,1H3,(H,22,24)/t14-/m1/s1. The maximum absolute atomic E-state index is 12.6. The number of fused-ring (bicyclic) bond motifs is 1. The Labute approximate surface area is 157 Å². The fraction of sp³-hybridized carbons (Fsp3) is 0.300. The zero-order valence-electron chi connectivity index (χ0n) is 14.6. The SMILES string of the molecule is C[C@@H]1CN(C(=O)CCC(=O)NCc2ccccc2)c2cc(Cl)ccc2O1. The number of hydrogen-bond donors (Lipinski definition) is 1. The van der Waals surface area contributed by atoms with Crippen LogP contribution in [0.25, 0.3) is 0 Å². The van der Waals surface area contributed by atoms with Gasteiger partial charge in [0.15, 0.2) is 0 Å². The van der Waals surface area contributed by atoms with Crippen molar-refractivity contribution in [2.45, 2.75) is 32.4 Å². The van der Waals surface area contributed by atoms with Crippen molar-refractivity contribution in [1.82, 2.24) is 5.32 Å². The Hall–Kier alpha value is -2.53. The molecule has 1 N–H and O–H groups in total. The molecule has 2 aromatic rings. The van der Waals surface area contributed by atoms with Gasteiger partial charge in [-0.2, -0.15) is 0 Å². The van der Waals surface area contributed by atoms with Gasteiger partial charge >= 0.3 is 0 Å². The molecule has 2 aromatic carbocycles. The summed E-state index contributed by atoms with van der Waals surface area (Å²) < 4.78 is 5.75. The van der Waals surface area contributed by atoms with Crippen LogP contribution in [0.15, 0.2) is 48.5 Å². The van der Waals surface area contributed by atoms with E-state index >= 15 is 0 Å². The first-order valence-electron chi connectivity index (χ1n) is 8.60. The van der Waals surface area contributed by atoms with Gasteiger partial charge in [-0.25, -0.2) is 0 Å². The third-order valence-corrected chi connectivity index (χ3v) is 4.41. The molecule has 6 heteroatoms. The van der Waals surface area contributed by atoms with Crippen LogP contribution in [0.5, 0.6) is 5.75 Å². The topological polar surface area (TPSA) is 58.6 Å². The summed E-state index contributed by atoms with van der Waals surface area (Å²) in [4.78, 5) is 26.3. The van der Waals surface area contributed by atoms with E-state index in [2.05, 4.69) is 5.32 Å². The molecule has 0 aliphatic carbocycles. The summed E-state index contributed by atoms with van der Waals surface area (Å²) in [7, 11) is 0. The molecular weight excluding hydrogens is 352 g/mol. The Bertz CT molecular complexity index is 795. The third kappa shape index (κ3) is 4.55. The Morgan fingerprint density at radius 2 is 1.96 bits per heavy atom. The lowest BCUT2D eigenvalue weighted by Gasteiger charge is -2.33. The Morgan fingerprint density at radius 1 is 1.19 bits per heavy atom. The van der Waals surface area contributed by atoms with E-state index in [9.17, 15) is 9.59 Å². The monoisotopic (exact) mass is 372 g/mol. The average Bonchev–Trinajstić information content (AvgIpc) is 2.65. The quantitative estimate of drug-likeness (QED) is 0.873. The summed E-state index contributed by atoms with van der Waals surface area (Å²) in [6.45, 7) is 2.81. The molecule has 0 spiro atoms. The van der Waals surface area contributed by atoms with Crippen molar-refractivity contribution in [3.8, 4) is 5.75 Å². The molecule has 0 saturated heterocycles. The summed E-state index contributed by atoms with van der Waals surface area (Å²) in [5.74, 6) is 0.378. The zero-order valence-corrected chi connectivity index (χ0v) is 15.3. The van der Waals surface area contributed by atoms with Crippen molar-refractivity contribution >= 4 is 29.1 Å². The van der Waals surface area contributed by atoms with Crippen molar-refractivity contribution < 1.29 is 14.3 Å². The highest BCUT2D eigenvalue weighted by molar-refractivity contribution is 6.31. The summed E-state index contributed by atoms with van der Waals surface area (Å²) in [5.41, 5.74) is 1.68. The number of halogens is 1. The van der Waals surface area contributed by atoms with Crippen LogP contribution < -0.4 is 15.0 Å². The second kappa shape index (κ2) is 8.23. The van der Waals surface area contributed by atoms with Crippen molar-refractivity contribution in [1.29, 1.82) is 0 Å². The van der Waals surface area contributed by atoms with Crippen LogP contribution in [0.4, 0.5) is 5.69 Å².